The number of hydrogen-bond donors (Lipinski definition) is 1. The van der Waals surface area contributed by atoms with Crippen LogP contribution in [-0.4, -0.2) is 28.9 Å². The van der Waals surface area contributed by atoms with Gasteiger partial charge in [-0.2, -0.15) is 13.2 Å². The molecule has 138 valence electrons. The zero-order valence-electron chi connectivity index (χ0n) is 14.4. The van der Waals surface area contributed by atoms with Crippen molar-refractivity contribution in [3.8, 4) is 0 Å². The lowest BCUT2D eigenvalue weighted by Gasteiger charge is -2.30. The molecular formula is C19H20F3N3O. The van der Waals surface area contributed by atoms with Gasteiger partial charge in [-0.05, 0) is 43.0 Å². The predicted molar refractivity (Wildman–Crippen MR) is 93.3 cm³/mol. The van der Waals surface area contributed by atoms with Crippen LogP contribution in [0.5, 0.6) is 0 Å². The SMILES string of the molecule is CC1CCN(C(=O)c2cc(Nc3ccccc3C(F)(F)F)ccn2)CC1. The zero-order valence-corrected chi connectivity index (χ0v) is 14.4. The van der Waals surface area contributed by atoms with Crippen molar-refractivity contribution in [3.63, 3.8) is 0 Å². The van der Waals surface area contributed by atoms with Crippen molar-refractivity contribution in [2.75, 3.05) is 18.4 Å². The molecule has 1 aromatic heterocycles. The molecule has 1 aliphatic rings. The molecule has 0 spiro atoms. The maximum atomic E-state index is 13.1. The number of alkyl halides is 3. The fourth-order valence-corrected chi connectivity index (χ4v) is 2.99. The Hall–Kier alpha value is -2.57. The number of para-hydroxylation sites is 1. The summed E-state index contributed by atoms with van der Waals surface area (Å²) in [6.07, 6.45) is -1.14. The Labute approximate surface area is 150 Å². The van der Waals surface area contributed by atoms with E-state index in [1.807, 2.05) is 0 Å². The second-order valence-electron chi connectivity index (χ2n) is 6.57. The lowest BCUT2D eigenvalue weighted by Crippen LogP contribution is -2.38. The van der Waals surface area contributed by atoms with E-state index in [0.29, 0.717) is 24.7 Å². The number of carbonyl (C=O) groups excluding carboxylic acids is 1. The van der Waals surface area contributed by atoms with E-state index < -0.39 is 11.7 Å². The molecule has 0 bridgehead atoms. The number of benzene rings is 1. The van der Waals surface area contributed by atoms with Crippen molar-refractivity contribution in [1.29, 1.82) is 0 Å². The minimum Gasteiger partial charge on any atom is -0.355 e. The summed E-state index contributed by atoms with van der Waals surface area (Å²) in [5.74, 6) is 0.406. The number of nitrogens with zero attached hydrogens (tertiary/aromatic N) is 2. The fraction of sp³-hybridized carbons (Fsp3) is 0.368. The van der Waals surface area contributed by atoms with Crippen molar-refractivity contribution in [3.05, 3.63) is 53.9 Å². The average Bonchev–Trinajstić information content (AvgIpc) is 2.61. The molecule has 1 aliphatic heterocycles. The normalized spacial score (nSPS) is 15.8. The maximum Gasteiger partial charge on any atom is 0.418 e. The molecule has 2 aromatic rings. The van der Waals surface area contributed by atoms with Crippen LogP contribution in [0.25, 0.3) is 0 Å². The van der Waals surface area contributed by atoms with Crippen LogP contribution in [0, 0.1) is 5.92 Å². The number of nitrogens with one attached hydrogen (secondary N) is 1. The van der Waals surface area contributed by atoms with E-state index >= 15 is 0 Å². The number of hydrogen-bond acceptors (Lipinski definition) is 3. The summed E-state index contributed by atoms with van der Waals surface area (Å²) in [6, 6.07) is 8.28. The van der Waals surface area contributed by atoms with E-state index in [2.05, 4.69) is 17.2 Å². The molecule has 0 saturated carbocycles. The lowest BCUT2D eigenvalue weighted by molar-refractivity contribution is -0.136. The number of likely N-dealkylation sites (tertiary alicyclic amines) is 1. The molecule has 1 saturated heterocycles. The molecule has 1 N–H and O–H groups in total. The van der Waals surface area contributed by atoms with Crippen molar-refractivity contribution in [2.24, 2.45) is 5.92 Å². The van der Waals surface area contributed by atoms with Crippen LogP contribution in [0.3, 0.4) is 0 Å². The summed E-state index contributed by atoms with van der Waals surface area (Å²) in [6.45, 7) is 3.51. The first-order chi connectivity index (χ1) is 12.3. The molecule has 4 nitrogen and oxygen atoms in total. The number of rotatable bonds is 3. The number of aromatic nitrogens is 1. The van der Waals surface area contributed by atoms with Gasteiger partial charge in [0.2, 0.25) is 0 Å². The molecule has 1 fully saturated rings. The van der Waals surface area contributed by atoms with Gasteiger partial charge in [-0.3, -0.25) is 9.78 Å². The van der Waals surface area contributed by atoms with Gasteiger partial charge in [-0.1, -0.05) is 19.1 Å². The Morgan fingerprint density at radius 1 is 1.19 bits per heavy atom. The van der Waals surface area contributed by atoms with Crippen molar-refractivity contribution < 1.29 is 18.0 Å². The third-order valence-electron chi connectivity index (χ3n) is 4.56. The van der Waals surface area contributed by atoms with Crippen molar-refractivity contribution in [2.45, 2.75) is 25.9 Å². The van der Waals surface area contributed by atoms with E-state index in [0.717, 1.165) is 18.9 Å². The molecule has 1 aromatic carbocycles. The second kappa shape index (κ2) is 7.35. The number of piperidine rings is 1. The number of carbonyl (C=O) groups is 1. The maximum absolute atomic E-state index is 13.1. The van der Waals surface area contributed by atoms with Gasteiger partial charge in [0.1, 0.15) is 5.69 Å². The molecule has 0 radical (unpaired) electrons. The van der Waals surface area contributed by atoms with Crippen LogP contribution in [0.1, 0.15) is 35.8 Å². The summed E-state index contributed by atoms with van der Waals surface area (Å²) in [4.78, 5) is 18.4. The van der Waals surface area contributed by atoms with Crippen molar-refractivity contribution in [1.82, 2.24) is 9.88 Å². The molecule has 0 unspecified atom stereocenters. The van der Waals surface area contributed by atoms with Gasteiger partial charge >= 0.3 is 6.18 Å². The highest BCUT2D eigenvalue weighted by Gasteiger charge is 2.33. The number of anilines is 2. The van der Waals surface area contributed by atoms with E-state index in [1.165, 1.54) is 30.5 Å². The van der Waals surface area contributed by atoms with Crippen LogP contribution < -0.4 is 5.32 Å². The molecule has 26 heavy (non-hydrogen) atoms. The number of amides is 1. The third kappa shape index (κ3) is 4.15. The topological polar surface area (TPSA) is 45.2 Å². The fourth-order valence-electron chi connectivity index (χ4n) is 2.99. The first-order valence-corrected chi connectivity index (χ1v) is 8.53. The summed E-state index contributed by atoms with van der Waals surface area (Å²) >= 11 is 0. The molecule has 7 heteroatoms. The van der Waals surface area contributed by atoms with E-state index in [-0.39, 0.29) is 17.3 Å². The Balaban J connectivity index is 1.79. The molecular weight excluding hydrogens is 343 g/mol. The van der Waals surface area contributed by atoms with Gasteiger partial charge in [0, 0.05) is 25.0 Å². The summed E-state index contributed by atoms with van der Waals surface area (Å²) in [7, 11) is 0. The monoisotopic (exact) mass is 363 g/mol. The van der Waals surface area contributed by atoms with Gasteiger partial charge in [0.25, 0.3) is 5.91 Å². The summed E-state index contributed by atoms with van der Waals surface area (Å²) in [5.41, 5.74) is -0.189. The number of halogens is 3. The standard InChI is InChI=1S/C19H20F3N3O/c1-13-7-10-25(11-8-13)18(26)17-12-14(6-9-23-17)24-16-5-3-2-4-15(16)19(20,21)22/h2-6,9,12-13H,7-8,10-11H2,1H3,(H,23,24). The minimum atomic E-state index is -4.46. The highest BCUT2D eigenvalue weighted by atomic mass is 19.4. The summed E-state index contributed by atoms with van der Waals surface area (Å²) < 4.78 is 39.4. The van der Waals surface area contributed by atoms with Crippen LogP contribution in [0.2, 0.25) is 0 Å². The molecule has 1 amide bonds. The van der Waals surface area contributed by atoms with Crippen LogP contribution >= 0.6 is 0 Å². The zero-order chi connectivity index (χ0) is 18.7. The van der Waals surface area contributed by atoms with Gasteiger partial charge < -0.3 is 10.2 Å². The van der Waals surface area contributed by atoms with Gasteiger partial charge in [-0.25, -0.2) is 0 Å². The van der Waals surface area contributed by atoms with Gasteiger partial charge in [-0.15, -0.1) is 0 Å². The highest BCUT2D eigenvalue weighted by Crippen LogP contribution is 2.35. The van der Waals surface area contributed by atoms with Gasteiger partial charge in [0.15, 0.2) is 0 Å². The third-order valence-corrected chi connectivity index (χ3v) is 4.56. The summed E-state index contributed by atoms with van der Waals surface area (Å²) in [5, 5.41) is 2.75. The molecule has 3 rings (SSSR count). The average molecular weight is 363 g/mol. The minimum absolute atomic E-state index is 0.0589. The first-order valence-electron chi connectivity index (χ1n) is 8.53. The molecule has 2 heterocycles. The van der Waals surface area contributed by atoms with E-state index in [9.17, 15) is 18.0 Å². The first kappa shape index (κ1) is 18.2. The van der Waals surface area contributed by atoms with Gasteiger partial charge in [0.05, 0.1) is 11.3 Å². The largest absolute Gasteiger partial charge is 0.418 e. The second-order valence-corrected chi connectivity index (χ2v) is 6.57. The highest BCUT2D eigenvalue weighted by molar-refractivity contribution is 5.93. The van der Waals surface area contributed by atoms with Crippen LogP contribution in [0.4, 0.5) is 24.5 Å². The number of pyridine rings is 1. The molecule has 0 aliphatic carbocycles. The quantitative estimate of drug-likeness (QED) is 0.859. The van der Waals surface area contributed by atoms with Crippen LogP contribution in [-0.2, 0) is 6.18 Å². The Morgan fingerprint density at radius 2 is 1.88 bits per heavy atom. The lowest BCUT2D eigenvalue weighted by atomic mass is 9.99. The predicted octanol–water partition coefficient (Wildman–Crippen LogP) is 4.72. The Morgan fingerprint density at radius 3 is 2.58 bits per heavy atom. The Kier molecular flexibility index (Phi) is 5.15. The Bertz CT molecular complexity index is 784. The molecule has 0 atom stereocenters. The smallest absolute Gasteiger partial charge is 0.355 e. The van der Waals surface area contributed by atoms with E-state index in [1.54, 1.807) is 11.0 Å². The van der Waals surface area contributed by atoms with Crippen LogP contribution in [0.15, 0.2) is 42.6 Å². The van der Waals surface area contributed by atoms with E-state index in [4.69, 9.17) is 0 Å². The van der Waals surface area contributed by atoms with Crippen molar-refractivity contribution >= 4 is 17.3 Å².